The van der Waals surface area contributed by atoms with Gasteiger partial charge < -0.3 is 14.2 Å². The SMILES string of the molecule is CCOC(=O)/C(C)=C/Cc1c(OCC)cccc1OCC. The number of hydrogen-bond acceptors (Lipinski definition) is 4. The van der Waals surface area contributed by atoms with Gasteiger partial charge in [0.2, 0.25) is 0 Å². The average Bonchev–Trinajstić information content (AvgIpc) is 2.47. The number of carbonyl (C=O) groups excluding carboxylic acids is 1. The largest absolute Gasteiger partial charge is 0.493 e. The van der Waals surface area contributed by atoms with E-state index in [2.05, 4.69) is 0 Å². The van der Waals surface area contributed by atoms with Crippen molar-refractivity contribution >= 4 is 5.97 Å². The van der Waals surface area contributed by atoms with Gasteiger partial charge in [-0.15, -0.1) is 0 Å². The first kappa shape index (κ1) is 17.1. The number of hydrogen-bond donors (Lipinski definition) is 0. The Bertz CT molecular complexity index is 467. The van der Waals surface area contributed by atoms with Gasteiger partial charge >= 0.3 is 5.97 Å². The lowest BCUT2D eigenvalue weighted by Crippen LogP contribution is -2.06. The van der Waals surface area contributed by atoms with E-state index in [9.17, 15) is 4.79 Å². The number of ether oxygens (including phenoxy) is 3. The minimum Gasteiger partial charge on any atom is -0.493 e. The van der Waals surface area contributed by atoms with Crippen molar-refractivity contribution in [2.75, 3.05) is 19.8 Å². The Labute approximate surface area is 126 Å². The highest BCUT2D eigenvalue weighted by Gasteiger charge is 2.11. The number of esters is 1. The van der Waals surface area contributed by atoms with Crippen LogP contribution in [0, 0.1) is 0 Å². The van der Waals surface area contributed by atoms with Crippen molar-refractivity contribution in [2.24, 2.45) is 0 Å². The van der Waals surface area contributed by atoms with Crippen LogP contribution in [0.5, 0.6) is 11.5 Å². The molecule has 0 fully saturated rings. The Morgan fingerprint density at radius 2 is 1.62 bits per heavy atom. The molecule has 0 aromatic heterocycles. The summed E-state index contributed by atoms with van der Waals surface area (Å²) < 4.78 is 16.3. The molecule has 0 atom stereocenters. The highest BCUT2D eigenvalue weighted by molar-refractivity contribution is 5.87. The molecule has 0 spiro atoms. The van der Waals surface area contributed by atoms with E-state index in [1.807, 2.05) is 38.1 Å². The van der Waals surface area contributed by atoms with Gasteiger partial charge in [-0.05, 0) is 46.2 Å². The Morgan fingerprint density at radius 3 is 2.10 bits per heavy atom. The first-order chi connectivity index (χ1) is 10.1. The van der Waals surface area contributed by atoms with E-state index >= 15 is 0 Å². The lowest BCUT2D eigenvalue weighted by Gasteiger charge is -2.14. The van der Waals surface area contributed by atoms with Crippen molar-refractivity contribution in [1.82, 2.24) is 0 Å². The molecule has 116 valence electrons. The zero-order valence-corrected chi connectivity index (χ0v) is 13.3. The molecule has 0 saturated carbocycles. The van der Waals surface area contributed by atoms with Gasteiger partial charge in [0.1, 0.15) is 11.5 Å². The Kier molecular flexibility index (Phi) is 7.37. The van der Waals surface area contributed by atoms with Crippen LogP contribution in [-0.4, -0.2) is 25.8 Å². The summed E-state index contributed by atoms with van der Waals surface area (Å²) in [6, 6.07) is 5.73. The topological polar surface area (TPSA) is 44.8 Å². The molecular weight excluding hydrogens is 268 g/mol. The van der Waals surface area contributed by atoms with Crippen LogP contribution in [0.3, 0.4) is 0 Å². The summed E-state index contributed by atoms with van der Waals surface area (Å²) >= 11 is 0. The Balaban J connectivity index is 2.98. The van der Waals surface area contributed by atoms with E-state index in [1.165, 1.54) is 0 Å². The number of rotatable bonds is 8. The highest BCUT2D eigenvalue weighted by Crippen LogP contribution is 2.29. The molecule has 1 aromatic rings. The normalized spacial score (nSPS) is 11.1. The van der Waals surface area contributed by atoms with Crippen LogP contribution in [0.2, 0.25) is 0 Å². The fourth-order valence-corrected chi connectivity index (χ4v) is 1.91. The summed E-state index contributed by atoms with van der Waals surface area (Å²) in [5.41, 5.74) is 1.54. The van der Waals surface area contributed by atoms with Crippen LogP contribution >= 0.6 is 0 Å². The van der Waals surface area contributed by atoms with E-state index in [0.29, 0.717) is 31.8 Å². The van der Waals surface area contributed by atoms with E-state index in [1.54, 1.807) is 13.8 Å². The molecule has 0 radical (unpaired) electrons. The second-order valence-electron chi connectivity index (χ2n) is 4.41. The van der Waals surface area contributed by atoms with Gasteiger partial charge in [0, 0.05) is 11.1 Å². The first-order valence-electron chi connectivity index (χ1n) is 7.35. The molecule has 4 heteroatoms. The van der Waals surface area contributed by atoms with Gasteiger partial charge in [-0.3, -0.25) is 0 Å². The predicted molar refractivity (Wildman–Crippen MR) is 82.9 cm³/mol. The Morgan fingerprint density at radius 1 is 1.05 bits per heavy atom. The summed E-state index contributed by atoms with van der Waals surface area (Å²) in [4.78, 5) is 11.6. The van der Waals surface area contributed by atoms with Gasteiger partial charge in [-0.1, -0.05) is 12.1 Å². The summed E-state index contributed by atoms with van der Waals surface area (Å²) in [6.07, 6.45) is 2.41. The Hall–Kier alpha value is -1.97. The number of allylic oxidation sites excluding steroid dienone is 1. The third-order valence-corrected chi connectivity index (χ3v) is 2.90. The highest BCUT2D eigenvalue weighted by atomic mass is 16.5. The maximum Gasteiger partial charge on any atom is 0.333 e. The summed E-state index contributed by atoms with van der Waals surface area (Å²) in [6.45, 7) is 8.98. The van der Waals surface area contributed by atoms with Crippen LogP contribution in [0.1, 0.15) is 33.3 Å². The standard InChI is InChI=1S/C17H24O4/c1-5-19-15-9-8-10-16(20-6-2)14(15)12-11-13(4)17(18)21-7-3/h8-11H,5-7,12H2,1-4H3/b13-11+. The van der Waals surface area contributed by atoms with Crippen LogP contribution in [0.4, 0.5) is 0 Å². The van der Waals surface area contributed by atoms with E-state index in [0.717, 1.165) is 17.1 Å². The molecule has 0 aliphatic heterocycles. The fraction of sp³-hybridized carbons (Fsp3) is 0.471. The van der Waals surface area contributed by atoms with Crippen molar-refractivity contribution in [3.8, 4) is 11.5 Å². The molecule has 0 aliphatic carbocycles. The monoisotopic (exact) mass is 292 g/mol. The molecule has 1 rings (SSSR count). The van der Waals surface area contributed by atoms with Crippen molar-refractivity contribution in [3.05, 3.63) is 35.4 Å². The van der Waals surface area contributed by atoms with E-state index in [4.69, 9.17) is 14.2 Å². The third-order valence-electron chi connectivity index (χ3n) is 2.90. The van der Waals surface area contributed by atoms with Gasteiger partial charge in [0.25, 0.3) is 0 Å². The predicted octanol–water partition coefficient (Wildman–Crippen LogP) is 3.54. The second-order valence-corrected chi connectivity index (χ2v) is 4.41. The molecule has 0 N–H and O–H groups in total. The van der Waals surface area contributed by atoms with Gasteiger partial charge in [-0.25, -0.2) is 4.79 Å². The van der Waals surface area contributed by atoms with Crippen molar-refractivity contribution in [3.63, 3.8) is 0 Å². The molecule has 21 heavy (non-hydrogen) atoms. The minimum atomic E-state index is -0.288. The number of benzene rings is 1. The van der Waals surface area contributed by atoms with Crippen LogP contribution in [0.15, 0.2) is 29.8 Å². The van der Waals surface area contributed by atoms with Crippen LogP contribution in [-0.2, 0) is 16.0 Å². The molecule has 0 unspecified atom stereocenters. The van der Waals surface area contributed by atoms with Gasteiger partial charge in [0.05, 0.1) is 19.8 Å². The lowest BCUT2D eigenvalue weighted by molar-refractivity contribution is -0.138. The fourth-order valence-electron chi connectivity index (χ4n) is 1.91. The summed E-state index contributed by atoms with van der Waals surface area (Å²) in [7, 11) is 0. The molecule has 0 aliphatic rings. The van der Waals surface area contributed by atoms with Crippen molar-refractivity contribution < 1.29 is 19.0 Å². The first-order valence-corrected chi connectivity index (χ1v) is 7.35. The minimum absolute atomic E-state index is 0.288. The zero-order chi connectivity index (χ0) is 15.7. The average molecular weight is 292 g/mol. The summed E-state index contributed by atoms with van der Waals surface area (Å²) in [5.74, 6) is 1.29. The van der Waals surface area contributed by atoms with Crippen LogP contribution < -0.4 is 9.47 Å². The van der Waals surface area contributed by atoms with E-state index < -0.39 is 0 Å². The molecular formula is C17H24O4. The quantitative estimate of drug-likeness (QED) is 0.543. The van der Waals surface area contributed by atoms with Gasteiger partial charge in [0.15, 0.2) is 0 Å². The van der Waals surface area contributed by atoms with Crippen molar-refractivity contribution in [1.29, 1.82) is 0 Å². The third kappa shape index (κ3) is 5.14. The van der Waals surface area contributed by atoms with Crippen molar-refractivity contribution in [2.45, 2.75) is 34.1 Å². The molecule has 4 nitrogen and oxygen atoms in total. The molecule has 0 amide bonds. The summed E-state index contributed by atoms with van der Waals surface area (Å²) in [5, 5.41) is 0. The lowest BCUT2D eigenvalue weighted by atomic mass is 10.1. The maximum absolute atomic E-state index is 11.6. The molecule has 1 aromatic carbocycles. The number of carbonyl (C=O) groups is 1. The second kappa shape index (κ2) is 9.06. The van der Waals surface area contributed by atoms with Crippen LogP contribution in [0.25, 0.3) is 0 Å². The molecule has 0 heterocycles. The molecule has 0 saturated heterocycles. The zero-order valence-electron chi connectivity index (χ0n) is 13.3. The van der Waals surface area contributed by atoms with E-state index in [-0.39, 0.29) is 5.97 Å². The maximum atomic E-state index is 11.6. The van der Waals surface area contributed by atoms with Gasteiger partial charge in [-0.2, -0.15) is 0 Å². The smallest absolute Gasteiger partial charge is 0.333 e. The molecule has 0 bridgehead atoms.